The quantitative estimate of drug-likeness (QED) is 0.743. The second-order valence-corrected chi connectivity index (χ2v) is 6.49. The largest absolute Gasteiger partial charge is 0.361 e. The van der Waals surface area contributed by atoms with Gasteiger partial charge in [-0.25, -0.2) is 0 Å². The number of aromatic amines is 1. The molecule has 0 radical (unpaired) electrons. The van der Waals surface area contributed by atoms with Gasteiger partial charge in [0.05, 0.1) is 16.3 Å². The predicted molar refractivity (Wildman–Crippen MR) is 92.0 cm³/mol. The van der Waals surface area contributed by atoms with E-state index in [0.29, 0.717) is 4.88 Å². The van der Waals surface area contributed by atoms with Crippen molar-refractivity contribution in [3.8, 4) is 0 Å². The lowest BCUT2D eigenvalue weighted by Crippen LogP contribution is -2.46. The summed E-state index contributed by atoms with van der Waals surface area (Å²) in [5.41, 5.74) is 2.53. The Bertz CT molecular complexity index is 913. The van der Waals surface area contributed by atoms with Crippen molar-refractivity contribution in [1.29, 1.82) is 0 Å². The summed E-state index contributed by atoms with van der Waals surface area (Å²) in [6.07, 6.45) is 1.50. The van der Waals surface area contributed by atoms with Crippen molar-refractivity contribution < 1.29 is 9.59 Å². The minimum atomic E-state index is -0.349. The van der Waals surface area contributed by atoms with Gasteiger partial charge in [0.15, 0.2) is 0 Å². The van der Waals surface area contributed by atoms with Crippen LogP contribution in [0.3, 0.4) is 0 Å². The highest BCUT2D eigenvalue weighted by Gasteiger charge is 2.40. The predicted octanol–water partition coefficient (Wildman–Crippen LogP) is 3.59. The van der Waals surface area contributed by atoms with Crippen LogP contribution >= 0.6 is 11.3 Å². The molecular weight excluding hydrogens is 310 g/mol. The van der Waals surface area contributed by atoms with Gasteiger partial charge in [-0.15, -0.1) is 11.3 Å². The molecule has 3 aromatic rings. The van der Waals surface area contributed by atoms with E-state index in [1.807, 2.05) is 48.8 Å². The van der Waals surface area contributed by atoms with Gasteiger partial charge in [-0.1, -0.05) is 6.07 Å². The molecule has 23 heavy (non-hydrogen) atoms. The average molecular weight is 325 g/mol. The molecule has 1 N–H and O–H groups in total. The standard InChI is InChI=1S/C17H15N3O2S/c1-10-19(11(2)21)14-6-5-13-12(7-8-18-13)16(14)20(10)17(22)15-4-3-9-23-15/h3-10,18H,1-2H3. The van der Waals surface area contributed by atoms with Crippen molar-refractivity contribution in [2.45, 2.75) is 20.0 Å². The number of carbonyl (C=O) groups is 2. The molecule has 0 fully saturated rings. The first-order valence-electron chi connectivity index (χ1n) is 7.36. The number of aromatic nitrogens is 1. The number of hydrogen-bond donors (Lipinski definition) is 1. The number of H-pyrrole nitrogens is 1. The van der Waals surface area contributed by atoms with E-state index in [4.69, 9.17) is 0 Å². The van der Waals surface area contributed by atoms with Crippen LogP contribution in [0.25, 0.3) is 10.9 Å². The van der Waals surface area contributed by atoms with E-state index in [1.54, 1.807) is 9.80 Å². The molecule has 1 aliphatic rings. The van der Waals surface area contributed by atoms with Crippen LogP contribution in [0.5, 0.6) is 0 Å². The number of hydrogen-bond acceptors (Lipinski definition) is 3. The highest BCUT2D eigenvalue weighted by molar-refractivity contribution is 7.12. The summed E-state index contributed by atoms with van der Waals surface area (Å²) in [6, 6.07) is 9.45. The molecule has 2 aromatic heterocycles. The van der Waals surface area contributed by atoms with E-state index < -0.39 is 0 Å². The van der Waals surface area contributed by atoms with Crippen molar-refractivity contribution in [2.75, 3.05) is 9.80 Å². The minimum absolute atomic E-state index is 0.0740. The van der Waals surface area contributed by atoms with Gasteiger partial charge < -0.3 is 4.98 Å². The fraction of sp³-hybridized carbons (Fsp3) is 0.176. The van der Waals surface area contributed by atoms with Gasteiger partial charge in [0.25, 0.3) is 5.91 Å². The van der Waals surface area contributed by atoms with Crippen LogP contribution in [0.2, 0.25) is 0 Å². The fourth-order valence-corrected chi connectivity index (χ4v) is 3.94. The van der Waals surface area contributed by atoms with Crippen LogP contribution in [-0.2, 0) is 4.79 Å². The SMILES string of the molecule is CC(=O)N1c2ccc3[nH]ccc3c2N(C(=O)c2cccs2)C1C. The Morgan fingerprint density at radius 1 is 1.17 bits per heavy atom. The van der Waals surface area contributed by atoms with Crippen molar-refractivity contribution in [2.24, 2.45) is 0 Å². The molecule has 5 nitrogen and oxygen atoms in total. The first kappa shape index (κ1) is 14.0. The van der Waals surface area contributed by atoms with Crippen molar-refractivity contribution in [1.82, 2.24) is 4.98 Å². The summed E-state index contributed by atoms with van der Waals surface area (Å²) < 4.78 is 0. The van der Waals surface area contributed by atoms with E-state index in [1.165, 1.54) is 18.3 Å². The third-order valence-electron chi connectivity index (χ3n) is 4.22. The summed E-state index contributed by atoms with van der Waals surface area (Å²) in [6.45, 7) is 3.41. The third-order valence-corrected chi connectivity index (χ3v) is 5.08. The van der Waals surface area contributed by atoms with Crippen molar-refractivity contribution >= 4 is 45.4 Å². The minimum Gasteiger partial charge on any atom is -0.361 e. The highest BCUT2D eigenvalue weighted by Crippen LogP contribution is 2.45. The zero-order valence-corrected chi connectivity index (χ0v) is 13.6. The van der Waals surface area contributed by atoms with Crippen LogP contribution in [0.15, 0.2) is 41.9 Å². The number of carbonyl (C=O) groups excluding carboxylic acids is 2. The number of anilines is 2. The lowest BCUT2D eigenvalue weighted by Gasteiger charge is -2.26. The molecule has 0 bridgehead atoms. The normalized spacial score (nSPS) is 16.9. The molecule has 2 amide bonds. The van der Waals surface area contributed by atoms with Crippen LogP contribution < -0.4 is 9.80 Å². The summed E-state index contributed by atoms with van der Waals surface area (Å²) in [5, 5.41) is 2.83. The molecule has 0 saturated heterocycles. The van der Waals surface area contributed by atoms with Crippen LogP contribution in [0.1, 0.15) is 23.5 Å². The first-order chi connectivity index (χ1) is 11.1. The Hall–Kier alpha value is -2.60. The Kier molecular flexibility index (Phi) is 3.02. The molecule has 0 spiro atoms. The molecule has 3 heterocycles. The topological polar surface area (TPSA) is 56.4 Å². The van der Waals surface area contributed by atoms with Gasteiger partial charge in [0.1, 0.15) is 6.17 Å². The molecule has 4 rings (SSSR count). The molecule has 6 heteroatoms. The molecule has 0 aliphatic carbocycles. The van der Waals surface area contributed by atoms with Gasteiger partial charge in [0, 0.05) is 24.0 Å². The molecule has 1 atom stereocenters. The summed E-state index contributed by atoms with van der Waals surface area (Å²) >= 11 is 1.41. The maximum absolute atomic E-state index is 13.0. The van der Waals surface area contributed by atoms with E-state index in [9.17, 15) is 9.59 Å². The Morgan fingerprint density at radius 2 is 2.00 bits per heavy atom. The van der Waals surface area contributed by atoms with E-state index >= 15 is 0 Å². The Balaban J connectivity index is 1.96. The number of nitrogens with one attached hydrogen (secondary N) is 1. The number of fused-ring (bicyclic) bond motifs is 3. The maximum Gasteiger partial charge on any atom is 0.270 e. The second kappa shape index (κ2) is 4.96. The van der Waals surface area contributed by atoms with Crippen LogP contribution in [-0.4, -0.2) is 23.0 Å². The first-order valence-corrected chi connectivity index (χ1v) is 8.24. The Labute approximate surface area is 137 Å². The fourth-order valence-electron chi connectivity index (χ4n) is 3.28. The monoisotopic (exact) mass is 325 g/mol. The highest BCUT2D eigenvalue weighted by atomic mass is 32.1. The van der Waals surface area contributed by atoms with E-state index in [0.717, 1.165) is 22.3 Å². The number of benzene rings is 1. The van der Waals surface area contributed by atoms with E-state index in [-0.39, 0.29) is 18.0 Å². The molecule has 1 aromatic carbocycles. The molecule has 1 aliphatic heterocycles. The molecule has 0 saturated carbocycles. The zero-order valence-electron chi connectivity index (χ0n) is 12.7. The number of amides is 2. The number of rotatable bonds is 1. The van der Waals surface area contributed by atoms with Gasteiger partial charge in [-0.05, 0) is 36.6 Å². The lowest BCUT2D eigenvalue weighted by molar-refractivity contribution is -0.116. The molecular formula is C17H15N3O2S. The zero-order chi connectivity index (χ0) is 16.1. The van der Waals surface area contributed by atoms with Gasteiger partial charge in [-0.3, -0.25) is 19.4 Å². The summed E-state index contributed by atoms with van der Waals surface area (Å²) in [7, 11) is 0. The smallest absolute Gasteiger partial charge is 0.270 e. The van der Waals surface area contributed by atoms with Gasteiger partial charge in [0.2, 0.25) is 5.91 Å². The molecule has 116 valence electrons. The number of thiophene rings is 1. The summed E-state index contributed by atoms with van der Waals surface area (Å²) in [5.74, 6) is -0.152. The maximum atomic E-state index is 13.0. The Morgan fingerprint density at radius 3 is 2.70 bits per heavy atom. The average Bonchev–Trinajstić information content (AvgIpc) is 3.24. The van der Waals surface area contributed by atoms with Crippen LogP contribution in [0, 0.1) is 0 Å². The van der Waals surface area contributed by atoms with E-state index in [2.05, 4.69) is 4.98 Å². The lowest BCUT2D eigenvalue weighted by atomic mass is 10.1. The third kappa shape index (κ3) is 1.91. The second-order valence-electron chi connectivity index (χ2n) is 5.55. The van der Waals surface area contributed by atoms with Gasteiger partial charge >= 0.3 is 0 Å². The van der Waals surface area contributed by atoms with Crippen molar-refractivity contribution in [3.63, 3.8) is 0 Å². The molecule has 1 unspecified atom stereocenters. The number of nitrogens with zero attached hydrogens (tertiary/aromatic N) is 2. The summed E-state index contributed by atoms with van der Waals surface area (Å²) in [4.78, 5) is 32.4. The van der Waals surface area contributed by atoms with Crippen LogP contribution in [0.4, 0.5) is 11.4 Å². The van der Waals surface area contributed by atoms with Crippen molar-refractivity contribution in [3.05, 3.63) is 46.8 Å². The van der Waals surface area contributed by atoms with Gasteiger partial charge in [-0.2, -0.15) is 0 Å².